The summed E-state index contributed by atoms with van der Waals surface area (Å²) in [5, 5.41) is 6.42. The van der Waals surface area contributed by atoms with Crippen molar-refractivity contribution in [1.82, 2.24) is 24.8 Å². The van der Waals surface area contributed by atoms with Crippen molar-refractivity contribution in [3.63, 3.8) is 0 Å². The Hall–Kier alpha value is -4.37. The van der Waals surface area contributed by atoms with Gasteiger partial charge < -0.3 is 20.4 Å². The minimum absolute atomic E-state index is 0.216. The van der Waals surface area contributed by atoms with Crippen molar-refractivity contribution >= 4 is 28.9 Å². The lowest BCUT2D eigenvalue weighted by Gasteiger charge is -2.36. The largest absolute Gasteiger partial charge is 0.366 e. The third-order valence-corrected chi connectivity index (χ3v) is 6.60. The molecule has 9 heteroatoms. The monoisotopic (exact) mass is 494 g/mol. The van der Waals surface area contributed by atoms with Gasteiger partial charge in [0, 0.05) is 61.6 Å². The zero-order valence-corrected chi connectivity index (χ0v) is 21.1. The number of carbonyl (C=O) groups excluding carboxylic acids is 1. The molecule has 0 spiro atoms. The second-order valence-corrected chi connectivity index (χ2v) is 8.90. The molecule has 0 unspecified atom stereocenters. The number of amides is 1. The van der Waals surface area contributed by atoms with Gasteiger partial charge in [-0.2, -0.15) is 0 Å². The van der Waals surface area contributed by atoms with Crippen LogP contribution in [0.25, 0.3) is 11.3 Å². The van der Waals surface area contributed by atoms with Crippen LogP contribution in [-0.4, -0.2) is 63.5 Å². The molecule has 37 heavy (non-hydrogen) atoms. The van der Waals surface area contributed by atoms with Crippen molar-refractivity contribution in [3.8, 4) is 11.3 Å². The number of benzene rings is 1. The summed E-state index contributed by atoms with van der Waals surface area (Å²) in [6.45, 7) is 9.02. The van der Waals surface area contributed by atoms with E-state index in [0.29, 0.717) is 17.2 Å². The van der Waals surface area contributed by atoms with Gasteiger partial charge in [-0.1, -0.05) is 13.0 Å². The SMILES string of the molecule is CCN1CCN(c2cccnc2NC(=O)c2ccc(C)c(Nc3ncccc3-c3ccncn3)c2)CC1. The van der Waals surface area contributed by atoms with Gasteiger partial charge in [-0.25, -0.2) is 19.9 Å². The Morgan fingerprint density at radius 2 is 1.70 bits per heavy atom. The summed E-state index contributed by atoms with van der Waals surface area (Å²) in [6, 6.07) is 15.2. The van der Waals surface area contributed by atoms with Crippen LogP contribution in [0.1, 0.15) is 22.8 Å². The number of rotatable bonds is 7. The van der Waals surface area contributed by atoms with E-state index in [0.717, 1.165) is 60.9 Å². The van der Waals surface area contributed by atoms with Crippen LogP contribution in [0.5, 0.6) is 0 Å². The lowest BCUT2D eigenvalue weighted by molar-refractivity contribution is 0.102. The number of likely N-dealkylation sites (N-methyl/N-ethyl adjacent to an activating group) is 1. The molecule has 1 aliphatic rings. The molecule has 1 amide bonds. The fraction of sp³-hybridized carbons (Fsp3) is 0.250. The Balaban J connectivity index is 1.36. The zero-order valence-electron chi connectivity index (χ0n) is 21.1. The number of hydrogen-bond acceptors (Lipinski definition) is 8. The van der Waals surface area contributed by atoms with Gasteiger partial charge >= 0.3 is 0 Å². The van der Waals surface area contributed by atoms with Gasteiger partial charge in [0.1, 0.15) is 12.1 Å². The van der Waals surface area contributed by atoms with E-state index in [2.05, 4.69) is 47.3 Å². The number of piperazine rings is 1. The van der Waals surface area contributed by atoms with Gasteiger partial charge in [0.15, 0.2) is 5.82 Å². The van der Waals surface area contributed by atoms with E-state index >= 15 is 0 Å². The van der Waals surface area contributed by atoms with Crippen LogP contribution >= 0.6 is 0 Å². The highest BCUT2D eigenvalue weighted by molar-refractivity contribution is 6.06. The van der Waals surface area contributed by atoms with Crippen LogP contribution in [0, 0.1) is 6.92 Å². The van der Waals surface area contributed by atoms with Crippen LogP contribution in [0.2, 0.25) is 0 Å². The topological polar surface area (TPSA) is 99.2 Å². The predicted molar refractivity (Wildman–Crippen MR) is 146 cm³/mol. The van der Waals surface area contributed by atoms with Gasteiger partial charge in [0.25, 0.3) is 5.91 Å². The molecule has 1 fully saturated rings. The summed E-state index contributed by atoms with van der Waals surface area (Å²) in [5.74, 6) is 1.01. The summed E-state index contributed by atoms with van der Waals surface area (Å²) in [5.41, 5.74) is 4.86. The van der Waals surface area contributed by atoms with E-state index in [-0.39, 0.29) is 5.91 Å². The molecule has 2 N–H and O–H groups in total. The summed E-state index contributed by atoms with van der Waals surface area (Å²) >= 11 is 0. The molecule has 0 saturated carbocycles. The van der Waals surface area contributed by atoms with Crippen LogP contribution in [-0.2, 0) is 0 Å². The van der Waals surface area contributed by atoms with Crippen molar-refractivity contribution in [1.29, 1.82) is 0 Å². The van der Waals surface area contributed by atoms with Gasteiger partial charge in [-0.3, -0.25) is 4.79 Å². The van der Waals surface area contributed by atoms with Crippen molar-refractivity contribution in [2.45, 2.75) is 13.8 Å². The lowest BCUT2D eigenvalue weighted by Crippen LogP contribution is -2.46. The van der Waals surface area contributed by atoms with E-state index in [1.54, 1.807) is 18.6 Å². The van der Waals surface area contributed by atoms with Crippen molar-refractivity contribution in [2.75, 3.05) is 48.3 Å². The minimum atomic E-state index is -0.216. The van der Waals surface area contributed by atoms with E-state index < -0.39 is 0 Å². The molecular formula is C28H30N8O. The Morgan fingerprint density at radius 1 is 0.919 bits per heavy atom. The maximum Gasteiger partial charge on any atom is 0.256 e. The molecule has 1 aliphatic heterocycles. The first-order valence-corrected chi connectivity index (χ1v) is 12.4. The molecule has 4 aromatic rings. The maximum absolute atomic E-state index is 13.3. The van der Waals surface area contributed by atoms with Gasteiger partial charge in [-0.05, 0) is 61.5 Å². The summed E-state index contributed by atoms with van der Waals surface area (Å²) in [4.78, 5) is 35.4. The van der Waals surface area contributed by atoms with Crippen LogP contribution in [0.4, 0.5) is 23.0 Å². The molecule has 0 aliphatic carbocycles. The predicted octanol–water partition coefficient (Wildman–Crippen LogP) is 4.38. The van der Waals surface area contributed by atoms with E-state index in [4.69, 9.17) is 0 Å². The molecule has 1 saturated heterocycles. The summed E-state index contributed by atoms with van der Waals surface area (Å²) in [7, 11) is 0. The molecule has 0 radical (unpaired) electrons. The van der Waals surface area contributed by atoms with Gasteiger partial charge in [0.05, 0.1) is 11.4 Å². The van der Waals surface area contributed by atoms with Crippen molar-refractivity contribution < 1.29 is 4.79 Å². The van der Waals surface area contributed by atoms with E-state index in [1.165, 1.54) is 6.33 Å². The number of nitrogens with one attached hydrogen (secondary N) is 2. The molecule has 1 aromatic carbocycles. The Morgan fingerprint density at radius 3 is 2.46 bits per heavy atom. The molecule has 0 atom stereocenters. The third kappa shape index (κ3) is 5.57. The first-order chi connectivity index (χ1) is 18.1. The zero-order chi connectivity index (χ0) is 25.6. The molecule has 0 bridgehead atoms. The highest BCUT2D eigenvalue weighted by Gasteiger charge is 2.20. The maximum atomic E-state index is 13.3. The molecular weight excluding hydrogens is 464 g/mol. The summed E-state index contributed by atoms with van der Waals surface area (Å²) in [6.07, 6.45) is 6.64. The highest BCUT2D eigenvalue weighted by Crippen LogP contribution is 2.29. The number of aryl methyl sites for hydroxylation is 1. The molecule has 5 rings (SSSR count). The molecule has 4 heterocycles. The highest BCUT2D eigenvalue weighted by atomic mass is 16.1. The normalized spacial score (nSPS) is 13.8. The number of pyridine rings is 2. The summed E-state index contributed by atoms with van der Waals surface area (Å²) < 4.78 is 0. The van der Waals surface area contributed by atoms with Crippen molar-refractivity contribution in [2.24, 2.45) is 0 Å². The third-order valence-electron chi connectivity index (χ3n) is 6.60. The van der Waals surface area contributed by atoms with Crippen molar-refractivity contribution in [3.05, 3.63) is 84.6 Å². The Kier molecular flexibility index (Phi) is 7.32. The van der Waals surface area contributed by atoms with Gasteiger partial charge in [0.2, 0.25) is 0 Å². The molecule has 188 valence electrons. The van der Waals surface area contributed by atoms with Crippen LogP contribution in [0.15, 0.2) is 73.4 Å². The lowest BCUT2D eigenvalue weighted by atomic mass is 10.1. The number of aromatic nitrogens is 4. The van der Waals surface area contributed by atoms with Gasteiger partial charge in [-0.15, -0.1) is 0 Å². The van der Waals surface area contributed by atoms with Crippen LogP contribution in [0.3, 0.4) is 0 Å². The average Bonchev–Trinajstić information content (AvgIpc) is 2.95. The first kappa shape index (κ1) is 24.3. The van der Waals surface area contributed by atoms with E-state index in [1.807, 2.05) is 55.5 Å². The van der Waals surface area contributed by atoms with Crippen LogP contribution < -0.4 is 15.5 Å². The average molecular weight is 495 g/mol. The number of hydrogen-bond donors (Lipinski definition) is 2. The molecule has 3 aromatic heterocycles. The second-order valence-electron chi connectivity index (χ2n) is 8.90. The standard InChI is InChI=1S/C28H30N8O/c1-3-35-14-16-36(17-15-35)25-7-5-12-31-27(25)34-28(37)21-9-8-20(2)24(18-21)33-26-22(6-4-11-30-26)23-10-13-29-19-32-23/h4-13,18-19H,3,14-17H2,1-2H3,(H,30,33)(H,31,34,37). The number of carbonyl (C=O) groups is 1. The smallest absolute Gasteiger partial charge is 0.256 e. The Labute approximate surface area is 216 Å². The van der Waals surface area contributed by atoms with E-state index in [9.17, 15) is 4.79 Å². The minimum Gasteiger partial charge on any atom is -0.366 e. The first-order valence-electron chi connectivity index (χ1n) is 12.4. The second kappa shape index (κ2) is 11.1. The fourth-order valence-electron chi connectivity index (χ4n) is 4.42. The number of nitrogens with zero attached hydrogens (tertiary/aromatic N) is 6. The Bertz CT molecular complexity index is 1370. The quantitative estimate of drug-likeness (QED) is 0.391. The number of anilines is 4. The fourth-order valence-corrected chi connectivity index (χ4v) is 4.42. The molecule has 9 nitrogen and oxygen atoms in total.